The Morgan fingerprint density at radius 2 is 2.11 bits per heavy atom. The predicted molar refractivity (Wildman–Crippen MR) is 79.8 cm³/mol. The molecule has 0 amide bonds. The largest absolute Gasteiger partial charge is 0.464 e. The third-order valence-corrected chi connectivity index (χ3v) is 4.44. The number of hydrogen-bond acceptors (Lipinski definition) is 4. The van der Waals surface area contributed by atoms with Gasteiger partial charge in [0.2, 0.25) is 0 Å². The minimum atomic E-state index is 0.114. The summed E-state index contributed by atoms with van der Waals surface area (Å²) in [7, 11) is 0. The Kier molecular flexibility index (Phi) is 3.62. The van der Waals surface area contributed by atoms with Crippen LogP contribution in [0.2, 0.25) is 0 Å². The van der Waals surface area contributed by atoms with E-state index in [0.717, 1.165) is 35.7 Å². The number of thioether (sulfide) groups is 1. The Morgan fingerprint density at radius 3 is 2.89 bits per heavy atom. The lowest BCUT2D eigenvalue weighted by Gasteiger charge is -2.25. The first-order valence-electron chi connectivity index (χ1n) is 6.55. The number of aryl methyl sites for hydroxylation is 1. The zero-order valence-corrected chi connectivity index (χ0v) is 11.8. The SMILES string of the molecule is Cc1ccc2occ(CN3CCSCC3)c(=O)c2c1. The van der Waals surface area contributed by atoms with E-state index in [4.69, 9.17) is 4.42 Å². The summed E-state index contributed by atoms with van der Waals surface area (Å²) in [5, 5.41) is 0.698. The van der Waals surface area contributed by atoms with Gasteiger partial charge in [0.1, 0.15) is 5.58 Å². The molecule has 19 heavy (non-hydrogen) atoms. The van der Waals surface area contributed by atoms with Gasteiger partial charge >= 0.3 is 0 Å². The maximum Gasteiger partial charge on any atom is 0.197 e. The Labute approximate surface area is 116 Å². The van der Waals surface area contributed by atoms with Gasteiger partial charge in [-0.3, -0.25) is 9.69 Å². The molecule has 100 valence electrons. The third-order valence-electron chi connectivity index (χ3n) is 3.50. The lowest BCUT2D eigenvalue weighted by molar-refractivity contribution is 0.291. The third kappa shape index (κ3) is 2.69. The zero-order chi connectivity index (χ0) is 13.2. The Morgan fingerprint density at radius 1 is 1.32 bits per heavy atom. The number of fused-ring (bicyclic) bond motifs is 1. The van der Waals surface area contributed by atoms with Gasteiger partial charge in [-0.1, -0.05) is 11.6 Å². The normalized spacial score (nSPS) is 16.9. The van der Waals surface area contributed by atoms with Gasteiger partial charge in [-0.25, -0.2) is 0 Å². The number of hydrogen-bond donors (Lipinski definition) is 0. The molecule has 1 aromatic heterocycles. The van der Waals surface area contributed by atoms with Crippen molar-refractivity contribution in [2.45, 2.75) is 13.5 Å². The fraction of sp³-hybridized carbons (Fsp3) is 0.400. The summed E-state index contributed by atoms with van der Waals surface area (Å²) in [6, 6.07) is 5.75. The summed E-state index contributed by atoms with van der Waals surface area (Å²) in [6.07, 6.45) is 1.63. The van der Waals surface area contributed by atoms with Gasteiger partial charge in [0, 0.05) is 36.7 Å². The first-order valence-corrected chi connectivity index (χ1v) is 7.70. The summed E-state index contributed by atoms with van der Waals surface area (Å²) in [5.74, 6) is 2.30. The van der Waals surface area contributed by atoms with Crippen LogP contribution in [0.4, 0.5) is 0 Å². The quantitative estimate of drug-likeness (QED) is 0.843. The van der Waals surface area contributed by atoms with Crippen LogP contribution in [0.25, 0.3) is 11.0 Å². The molecule has 3 nitrogen and oxygen atoms in total. The van der Waals surface area contributed by atoms with E-state index >= 15 is 0 Å². The van der Waals surface area contributed by atoms with Crippen LogP contribution in [0, 0.1) is 6.92 Å². The maximum absolute atomic E-state index is 12.5. The van der Waals surface area contributed by atoms with Gasteiger partial charge in [0.25, 0.3) is 0 Å². The van der Waals surface area contributed by atoms with Crippen molar-refractivity contribution in [3.63, 3.8) is 0 Å². The van der Waals surface area contributed by atoms with Crippen molar-refractivity contribution in [2.75, 3.05) is 24.6 Å². The van der Waals surface area contributed by atoms with E-state index in [2.05, 4.69) is 4.90 Å². The molecule has 0 atom stereocenters. The van der Waals surface area contributed by atoms with Crippen LogP contribution in [-0.2, 0) is 6.54 Å². The van der Waals surface area contributed by atoms with E-state index < -0.39 is 0 Å². The number of rotatable bonds is 2. The monoisotopic (exact) mass is 275 g/mol. The molecule has 0 aliphatic carbocycles. The van der Waals surface area contributed by atoms with E-state index in [1.807, 2.05) is 36.9 Å². The molecule has 3 rings (SSSR count). The molecule has 4 heteroatoms. The van der Waals surface area contributed by atoms with Crippen molar-refractivity contribution < 1.29 is 4.42 Å². The van der Waals surface area contributed by atoms with Crippen molar-refractivity contribution >= 4 is 22.7 Å². The van der Waals surface area contributed by atoms with E-state index in [9.17, 15) is 4.79 Å². The van der Waals surface area contributed by atoms with Crippen LogP contribution < -0.4 is 5.43 Å². The molecule has 1 aromatic carbocycles. The minimum Gasteiger partial charge on any atom is -0.464 e. The molecule has 0 spiro atoms. The molecular formula is C15H17NO2S. The smallest absolute Gasteiger partial charge is 0.197 e. The van der Waals surface area contributed by atoms with Gasteiger partial charge in [0.15, 0.2) is 5.43 Å². The van der Waals surface area contributed by atoms with Crippen LogP contribution in [0.1, 0.15) is 11.1 Å². The Balaban J connectivity index is 1.95. The Hall–Kier alpha value is -1.26. The number of benzene rings is 1. The van der Waals surface area contributed by atoms with Crippen molar-refractivity contribution in [1.29, 1.82) is 0 Å². The topological polar surface area (TPSA) is 33.5 Å². The molecule has 2 heterocycles. The maximum atomic E-state index is 12.5. The van der Waals surface area contributed by atoms with Gasteiger partial charge in [-0.15, -0.1) is 0 Å². The molecule has 1 saturated heterocycles. The summed E-state index contributed by atoms with van der Waals surface area (Å²) in [6.45, 7) is 4.80. The van der Waals surface area contributed by atoms with E-state index in [1.54, 1.807) is 6.26 Å². The van der Waals surface area contributed by atoms with Gasteiger partial charge < -0.3 is 4.42 Å². The van der Waals surface area contributed by atoms with E-state index in [1.165, 1.54) is 0 Å². The zero-order valence-electron chi connectivity index (χ0n) is 11.0. The van der Waals surface area contributed by atoms with Gasteiger partial charge in [-0.2, -0.15) is 11.8 Å². The summed E-state index contributed by atoms with van der Waals surface area (Å²) in [4.78, 5) is 14.8. The number of nitrogens with zero attached hydrogens (tertiary/aromatic N) is 1. The summed E-state index contributed by atoms with van der Waals surface area (Å²) in [5.41, 5.74) is 2.65. The lowest BCUT2D eigenvalue weighted by Crippen LogP contribution is -2.33. The molecule has 0 radical (unpaired) electrons. The van der Waals surface area contributed by atoms with Crippen LogP contribution in [-0.4, -0.2) is 29.5 Å². The van der Waals surface area contributed by atoms with Gasteiger partial charge in [-0.05, 0) is 19.1 Å². The molecule has 1 aliphatic rings. The van der Waals surface area contributed by atoms with Crippen molar-refractivity contribution in [1.82, 2.24) is 4.90 Å². The summed E-state index contributed by atoms with van der Waals surface area (Å²) < 4.78 is 5.59. The highest BCUT2D eigenvalue weighted by Gasteiger charge is 2.14. The predicted octanol–water partition coefficient (Wildman–Crippen LogP) is 2.65. The standard InChI is InChI=1S/C15H17NO2S/c1-11-2-3-14-13(8-11)15(17)12(10-18-14)9-16-4-6-19-7-5-16/h2-3,8,10H,4-7,9H2,1H3. The molecule has 1 aliphatic heterocycles. The minimum absolute atomic E-state index is 0.114. The second-order valence-electron chi connectivity index (χ2n) is 4.98. The van der Waals surface area contributed by atoms with Crippen LogP contribution in [0.3, 0.4) is 0 Å². The highest BCUT2D eigenvalue weighted by molar-refractivity contribution is 7.99. The molecule has 1 fully saturated rings. The van der Waals surface area contributed by atoms with Crippen molar-refractivity contribution in [3.05, 3.63) is 45.8 Å². The second kappa shape index (κ2) is 5.39. The van der Waals surface area contributed by atoms with Crippen LogP contribution >= 0.6 is 11.8 Å². The second-order valence-corrected chi connectivity index (χ2v) is 6.20. The molecule has 0 bridgehead atoms. The average molecular weight is 275 g/mol. The summed E-state index contributed by atoms with van der Waals surface area (Å²) >= 11 is 1.97. The highest BCUT2D eigenvalue weighted by atomic mass is 32.2. The fourth-order valence-electron chi connectivity index (χ4n) is 2.39. The van der Waals surface area contributed by atoms with Gasteiger partial charge in [0.05, 0.1) is 11.6 Å². The molecule has 2 aromatic rings. The molecule has 0 saturated carbocycles. The van der Waals surface area contributed by atoms with E-state index in [0.29, 0.717) is 17.5 Å². The highest BCUT2D eigenvalue weighted by Crippen LogP contribution is 2.16. The average Bonchev–Trinajstić information content (AvgIpc) is 2.44. The first kappa shape index (κ1) is 12.8. The molecule has 0 unspecified atom stereocenters. The van der Waals surface area contributed by atoms with Crippen molar-refractivity contribution in [3.8, 4) is 0 Å². The molecular weight excluding hydrogens is 258 g/mol. The fourth-order valence-corrected chi connectivity index (χ4v) is 3.37. The van der Waals surface area contributed by atoms with Crippen LogP contribution in [0.15, 0.2) is 33.7 Å². The Bertz CT molecular complexity index is 644. The van der Waals surface area contributed by atoms with E-state index in [-0.39, 0.29) is 5.43 Å². The first-order chi connectivity index (χ1) is 9.24. The molecule has 0 N–H and O–H groups in total. The van der Waals surface area contributed by atoms with Crippen LogP contribution in [0.5, 0.6) is 0 Å². The lowest BCUT2D eigenvalue weighted by atomic mass is 10.1. The van der Waals surface area contributed by atoms with Crippen molar-refractivity contribution in [2.24, 2.45) is 0 Å².